The first-order chi connectivity index (χ1) is 7.55. The van der Waals surface area contributed by atoms with E-state index in [-0.39, 0.29) is 6.54 Å². The number of hydrogen-bond acceptors (Lipinski definition) is 4. The number of carboxylic acids is 1. The SMILES string of the molecule is O=C(O)C1(Cn2nnnc2C(F)F)CCC1. The van der Waals surface area contributed by atoms with Crippen molar-refractivity contribution in [2.45, 2.75) is 32.2 Å². The molecule has 0 radical (unpaired) electrons. The highest BCUT2D eigenvalue weighted by Crippen LogP contribution is 2.42. The highest BCUT2D eigenvalue weighted by Gasteiger charge is 2.45. The van der Waals surface area contributed by atoms with Gasteiger partial charge in [0.25, 0.3) is 6.43 Å². The smallest absolute Gasteiger partial charge is 0.311 e. The average Bonchev–Trinajstić information content (AvgIpc) is 2.58. The topological polar surface area (TPSA) is 80.9 Å². The lowest BCUT2D eigenvalue weighted by molar-refractivity contribution is -0.156. The molecule has 88 valence electrons. The lowest BCUT2D eigenvalue weighted by atomic mass is 9.69. The van der Waals surface area contributed by atoms with Crippen LogP contribution in [0.25, 0.3) is 0 Å². The van der Waals surface area contributed by atoms with E-state index in [1.54, 1.807) is 0 Å². The van der Waals surface area contributed by atoms with Crippen LogP contribution in [0.5, 0.6) is 0 Å². The average molecular weight is 232 g/mol. The Bertz CT molecular complexity index is 402. The summed E-state index contributed by atoms with van der Waals surface area (Å²) in [6, 6.07) is 0. The van der Waals surface area contributed by atoms with Crippen LogP contribution in [0, 0.1) is 5.41 Å². The Hall–Kier alpha value is -1.60. The quantitative estimate of drug-likeness (QED) is 0.832. The number of rotatable bonds is 4. The minimum absolute atomic E-state index is 0.0883. The highest BCUT2D eigenvalue weighted by atomic mass is 19.3. The minimum atomic E-state index is -2.79. The summed E-state index contributed by atoms with van der Waals surface area (Å²) in [5.74, 6) is -1.55. The molecule has 1 aromatic heterocycles. The predicted molar refractivity (Wildman–Crippen MR) is 46.7 cm³/mol. The van der Waals surface area contributed by atoms with Crippen molar-refractivity contribution in [2.24, 2.45) is 5.41 Å². The van der Waals surface area contributed by atoms with Gasteiger partial charge in [0.1, 0.15) is 0 Å². The van der Waals surface area contributed by atoms with E-state index in [0.717, 1.165) is 11.1 Å². The third kappa shape index (κ3) is 1.63. The van der Waals surface area contributed by atoms with Crippen molar-refractivity contribution in [2.75, 3.05) is 0 Å². The second-order valence-electron chi connectivity index (χ2n) is 3.93. The molecule has 1 heterocycles. The van der Waals surface area contributed by atoms with Crippen LogP contribution in [0.1, 0.15) is 31.5 Å². The zero-order valence-corrected chi connectivity index (χ0v) is 8.31. The Morgan fingerprint density at radius 1 is 1.56 bits per heavy atom. The van der Waals surface area contributed by atoms with E-state index in [2.05, 4.69) is 15.5 Å². The molecule has 0 bridgehead atoms. The molecular formula is C8H10F2N4O2. The lowest BCUT2D eigenvalue weighted by Crippen LogP contribution is -2.42. The molecule has 1 aromatic rings. The fraction of sp³-hybridized carbons (Fsp3) is 0.750. The molecule has 1 saturated carbocycles. The number of hydrogen-bond donors (Lipinski definition) is 1. The van der Waals surface area contributed by atoms with Gasteiger partial charge in [0.2, 0.25) is 5.82 Å². The van der Waals surface area contributed by atoms with E-state index in [9.17, 15) is 13.6 Å². The van der Waals surface area contributed by atoms with E-state index < -0.39 is 23.6 Å². The molecule has 1 aliphatic carbocycles. The third-order valence-corrected chi connectivity index (χ3v) is 2.97. The first-order valence-corrected chi connectivity index (χ1v) is 4.83. The number of aliphatic carboxylic acids is 1. The first kappa shape index (κ1) is 10.9. The first-order valence-electron chi connectivity index (χ1n) is 4.83. The summed E-state index contributed by atoms with van der Waals surface area (Å²) in [5, 5.41) is 18.8. The molecule has 0 aromatic carbocycles. The van der Waals surface area contributed by atoms with Crippen molar-refractivity contribution in [3.8, 4) is 0 Å². The molecule has 8 heteroatoms. The number of halogens is 2. The van der Waals surface area contributed by atoms with Crippen LogP contribution >= 0.6 is 0 Å². The van der Waals surface area contributed by atoms with E-state index in [1.165, 1.54) is 0 Å². The molecule has 1 aliphatic rings. The maximum absolute atomic E-state index is 12.4. The Morgan fingerprint density at radius 3 is 2.69 bits per heavy atom. The van der Waals surface area contributed by atoms with Crippen LogP contribution in [0.2, 0.25) is 0 Å². The Labute approximate surface area is 89.3 Å². The van der Waals surface area contributed by atoms with E-state index in [1.807, 2.05) is 0 Å². The van der Waals surface area contributed by atoms with Gasteiger partial charge in [-0.3, -0.25) is 4.79 Å². The van der Waals surface area contributed by atoms with Crippen LogP contribution in [-0.2, 0) is 11.3 Å². The number of carboxylic acid groups (broad SMARTS) is 1. The van der Waals surface area contributed by atoms with Crippen molar-refractivity contribution in [1.29, 1.82) is 0 Å². The molecule has 16 heavy (non-hydrogen) atoms. The summed E-state index contributed by atoms with van der Waals surface area (Å²) < 4.78 is 25.8. The van der Waals surface area contributed by atoms with Gasteiger partial charge in [-0.05, 0) is 23.3 Å². The summed E-state index contributed by atoms with van der Waals surface area (Å²) in [5.41, 5.74) is -0.973. The summed E-state index contributed by atoms with van der Waals surface area (Å²) in [6.45, 7) is -0.0883. The summed E-state index contributed by atoms with van der Waals surface area (Å²) in [7, 11) is 0. The zero-order chi connectivity index (χ0) is 11.8. The summed E-state index contributed by atoms with van der Waals surface area (Å²) in [6.07, 6.45) is -1.05. The molecule has 1 fully saturated rings. The number of alkyl halides is 2. The lowest BCUT2D eigenvalue weighted by Gasteiger charge is -2.37. The van der Waals surface area contributed by atoms with Crippen LogP contribution in [-0.4, -0.2) is 31.3 Å². The monoisotopic (exact) mass is 232 g/mol. The number of tetrazole rings is 1. The fourth-order valence-electron chi connectivity index (χ4n) is 1.81. The maximum Gasteiger partial charge on any atom is 0.311 e. The van der Waals surface area contributed by atoms with Crippen LogP contribution in [0.3, 0.4) is 0 Å². The van der Waals surface area contributed by atoms with E-state index >= 15 is 0 Å². The molecule has 0 unspecified atom stereocenters. The Morgan fingerprint density at radius 2 is 2.25 bits per heavy atom. The zero-order valence-electron chi connectivity index (χ0n) is 8.31. The highest BCUT2D eigenvalue weighted by molar-refractivity contribution is 5.75. The second kappa shape index (κ2) is 3.76. The molecular weight excluding hydrogens is 222 g/mol. The van der Waals surface area contributed by atoms with Crippen LogP contribution < -0.4 is 0 Å². The van der Waals surface area contributed by atoms with Crippen molar-refractivity contribution in [1.82, 2.24) is 20.2 Å². The molecule has 0 atom stereocenters. The van der Waals surface area contributed by atoms with Crippen LogP contribution in [0.15, 0.2) is 0 Å². The Balaban J connectivity index is 2.20. The standard InChI is InChI=1S/C8H10F2N4O2/c9-5(10)6-11-12-13-14(6)4-8(7(15)16)2-1-3-8/h5H,1-4H2,(H,15,16). The van der Waals surface area contributed by atoms with Gasteiger partial charge in [0, 0.05) is 0 Å². The van der Waals surface area contributed by atoms with Gasteiger partial charge in [-0.2, -0.15) is 0 Å². The van der Waals surface area contributed by atoms with Gasteiger partial charge in [0.05, 0.1) is 12.0 Å². The normalized spacial score (nSPS) is 18.4. The maximum atomic E-state index is 12.4. The second-order valence-corrected chi connectivity index (χ2v) is 3.93. The number of nitrogens with zero attached hydrogens (tertiary/aromatic N) is 4. The van der Waals surface area contributed by atoms with Gasteiger partial charge in [-0.1, -0.05) is 6.42 Å². The van der Waals surface area contributed by atoms with Gasteiger partial charge in [0.15, 0.2) is 0 Å². The van der Waals surface area contributed by atoms with Crippen molar-refractivity contribution in [3.63, 3.8) is 0 Å². The number of aromatic nitrogens is 4. The molecule has 6 nitrogen and oxygen atoms in total. The molecule has 0 aliphatic heterocycles. The molecule has 1 N–H and O–H groups in total. The van der Waals surface area contributed by atoms with Crippen LogP contribution in [0.4, 0.5) is 8.78 Å². The molecule has 2 rings (SSSR count). The summed E-state index contributed by atoms with van der Waals surface area (Å²) in [4.78, 5) is 11.0. The minimum Gasteiger partial charge on any atom is -0.481 e. The van der Waals surface area contributed by atoms with Gasteiger partial charge >= 0.3 is 5.97 Å². The number of carbonyl (C=O) groups is 1. The third-order valence-electron chi connectivity index (χ3n) is 2.97. The van der Waals surface area contributed by atoms with Crippen molar-refractivity contribution >= 4 is 5.97 Å². The van der Waals surface area contributed by atoms with Gasteiger partial charge in [-0.15, -0.1) is 5.10 Å². The molecule has 0 saturated heterocycles. The predicted octanol–water partition coefficient (Wildman–Crippen LogP) is 0.866. The van der Waals surface area contributed by atoms with E-state index in [4.69, 9.17) is 5.11 Å². The molecule has 0 amide bonds. The van der Waals surface area contributed by atoms with Gasteiger partial charge in [-0.25, -0.2) is 13.5 Å². The van der Waals surface area contributed by atoms with E-state index in [0.29, 0.717) is 12.8 Å². The fourth-order valence-corrected chi connectivity index (χ4v) is 1.81. The molecule has 0 spiro atoms. The van der Waals surface area contributed by atoms with Gasteiger partial charge < -0.3 is 5.11 Å². The van der Waals surface area contributed by atoms with Crippen molar-refractivity contribution in [3.05, 3.63) is 5.82 Å². The summed E-state index contributed by atoms with van der Waals surface area (Å²) >= 11 is 0. The largest absolute Gasteiger partial charge is 0.481 e. The van der Waals surface area contributed by atoms with Crippen molar-refractivity contribution < 1.29 is 18.7 Å². The Kier molecular flexibility index (Phi) is 2.56.